The number of fused-ring (bicyclic) bond motifs is 1. The summed E-state index contributed by atoms with van der Waals surface area (Å²) in [6, 6.07) is 13.0. The maximum absolute atomic E-state index is 6.19. The normalized spacial score (nSPS) is 10.8. The first-order valence-electron chi connectivity index (χ1n) is 6.36. The average Bonchev–Trinajstić information content (AvgIpc) is 2.50. The molecule has 0 radical (unpaired) electrons. The standard InChI is InChI=1S/C16H11Cl3N2/c17-11-3-4-13(18)10(8-11)9-21-15-6-5-14(19)12-2-1-7-20-16(12)15/h1-8,21H,9H2. The Morgan fingerprint density at radius 3 is 2.62 bits per heavy atom. The highest BCUT2D eigenvalue weighted by Gasteiger charge is 2.07. The SMILES string of the molecule is Clc1ccc(Cl)c(CNc2ccc(Cl)c3cccnc23)c1. The maximum Gasteiger partial charge on any atom is 0.0948 e. The Kier molecular flexibility index (Phi) is 4.20. The molecule has 0 spiro atoms. The number of hydrogen-bond acceptors (Lipinski definition) is 2. The lowest BCUT2D eigenvalue weighted by molar-refractivity contribution is 1.15. The van der Waals surface area contributed by atoms with E-state index >= 15 is 0 Å². The number of anilines is 1. The summed E-state index contributed by atoms with van der Waals surface area (Å²) in [7, 11) is 0. The molecule has 0 aliphatic rings. The minimum atomic E-state index is 0.562. The van der Waals surface area contributed by atoms with Gasteiger partial charge in [0.05, 0.1) is 16.2 Å². The fourth-order valence-electron chi connectivity index (χ4n) is 2.15. The van der Waals surface area contributed by atoms with E-state index in [2.05, 4.69) is 10.3 Å². The molecule has 2 aromatic carbocycles. The van der Waals surface area contributed by atoms with Crippen molar-refractivity contribution in [2.24, 2.45) is 0 Å². The Bertz CT molecular complexity index is 803. The Morgan fingerprint density at radius 1 is 0.952 bits per heavy atom. The summed E-state index contributed by atoms with van der Waals surface area (Å²) in [6.07, 6.45) is 1.75. The van der Waals surface area contributed by atoms with Gasteiger partial charge in [-0.25, -0.2) is 0 Å². The Balaban J connectivity index is 1.92. The van der Waals surface area contributed by atoms with Gasteiger partial charge in [0.2, 0.25) is 0 Å². The van der Waals surface area contributed by atoms with Crippen molar-refractivity contribution < 1.29 is 0 Å². The van der Waals surface area contributed by atoms with Crippen molar-refractivity contribution in [2.75, 3.05) is 5.32 Å². The van der Waals surface area contributed by atoms with E-state index in [9.17, 15) is 0 Å². The fraction of sp³-hybridized carbons (Fsp3) is 0.0625. The van der Waals surface area contributed by atoms with Crippen LogP contribution in [0.5, 0.6) is 0 Å². The Morgan fingerprint density at radius 2 is 1.76 bits per heavy atom. The van der Waals surface area contributed by atoms with Crippen molar-refractivity contribution in [3.8, 4) is 0 Å². The summed E-state index contributed by atoms with van der Waals surface area (Å²) in [5, 5.41) is 6.28. The number of hydrogen-bond donors (Lipinski definition) is 1. The highest BCUT2D eigenvalue weighted by atomic mass is 35.5. The number of nitrogens with one attached hydrogen (secondary N) is 1. The van der Waals surface area contributed by atoms with E-state index in [0.717, 1.165) is 22.2 Å². The van der Waals surface area contributed by atoms with Gasteiger partial charge in [-0.15, -0.1) is 0 Å². The highest BCUT2D eigenvalue weighted by Crippen LogP contribution is 2.29. The van der Waals surface area contributed by atoms with Crippen LogP contribution >= 0.6 is 34.8 Å². The third-order valence-corrected chi connectivity index (χ3v) is 4.13. The largest absolute Gasteiger partial charge is 0.379 e. The molecule has 0 fully saturated rings. The molecule has 1 N–H and O–H groups in total. The first-order chi connectivity index (χ1) is 10.1. The molecular formula is C16H11Cl3N2. The van der Waals surface area contributed by atoms with Gasteiger partial charge >= 0.3 is 0 Å². The van der Waals surface area contributed by atoms with E-state index in [4.69, 9.17) is 34.8 Å². The van der Waals surface area contributed by atoms with Crippen LogP contribution in [0.15, 0.2) is 48.7 Å². The molecular weight excluding hydrogens is 327 g/mol. The van der Waals surface area contributed by atoms with Gasteiger partial charge in [-0.3, -0.25) is 4.98 Å². The number of benzene rings is 2. The van der Waals surface area contributed by atoms with Crippen LogP contribution in [0.4, 0.5) is 5.69 Å². The predicted octanol–water partition coefficient (Wildman–Crippen LogP) is 5.81. The molecule has 0 unspecified atom stereocenters. The van der Waals surface area contributed by atoms with Crippen LogP contribution in [0.1, 0.15) is 5.56 Å². The molecule has 0 aliphatic heterocycles. The smallest absolute Gasteiger partial charge is 0.0948 e. The molecule has 5 heteroatoms. The average molecular weight is 338 g/mol. The van der Waals surface area contributed by atoms with E-state index in [1.54, 1.807) is 18.3 Å². The monoisotopic (exact) mass is 336 g/mol. The fourth-order valence-corrected chi connectivity index (χ4v) is 2.74. The zero-order chi connectivity index (χ0) is 14.8. The quantitative estimate of drug-likeness (QED) is 0.652. The number of nitrogens with zero attached hydrogens (tertiary/aromatic N) is 1. The Labute approximate surface area is 137 Å². The van der Waals surface area contributed by atoms with E-state index < -0.39 is 0 Å². The van der Waals surface area contributed by atoms with Crippen molar-refractivity contribution in [1.29, 1.82) is 0 Å². The number of pyridine rings is 1. The van der Waals surface area contributed by atoms with E-state index in [1.807, 2.05) is 30.3 Å². The predicted molar refractivity (Wildman–Crippen MR) is 90.5 cm³/mol. The van der Waals surface area contributed by atoms with Gasteiger partial charge in [-0.2, -0.15) is 0 Å². The van der Waals surface area contributed by atoms with Crippen molar-refractivity contribution in [3.05, 3.63) is 69.3 Å². The van der Waals surface area contributed by atoms with Crippen molar-refractivity contribution in [3.63, 3.8) is 0 Å². The molecule has 0 saturated heterocycles. The summed E-state index contributed by atoms with van der Waals surface area (Å²) >= 11 is 18.4. The van der Waals surface area contributed by atoms with Gasteiger partial charge in [0, 0.05) is 28.2 Å². The van der Waals surface area contributed by atoms with Crippen LogP contribution in [0.3, 0.4) is 0 Å². The molecule has 0 atom stereocenters. The second-order valence-electron chi connectivity index (χ2n) is 4.58. The molecule has 2 nitrogen and oxygen atoms in total. The van der Waals surface area contributed by atoms with Crippen molar-refractivity contribution >= 4 is 51.4 Å². The molecule has 3 rings (SSSR count). The molecule has 1 aromatic heterocycles. The number of aromatic nitrogens is 1. The topological polar surface area (TPSA) is 24.9 Å². The second kappa shape index (κ2) is 6.10. The summed E-state index contributed by atoms with van der Waals surface area (Å²) < 4.78 is 0. The van der Waals surface area contributed by atoms with Gasteiger partial charge < -0.3 is 5.32 Å². The lowest BCUT2D eigenvalue weighted by Crippen LogP contribution is -2.01. The highest BCUT2D eigenvalue weighted by molar-refractivity contribution is 6.36. The summed E-state index contributed by atoms with van der Waals surface area (Å²) in [4.78, 5) is 4.39. The van der Waals surface area contributed by atoms with Crippen molar-refractivity contribution in [2.45, 2.75) is 6.54 Å². The second-order valence-corrected chi connectivity index (χ2v) is 5.83. The van der Waals surface area contributed by atoms with Gasteiger partial charge in [0.15, 0.2) is 0 Å². The molecule has 0 amide bonds. The van der Waals surface area contributed by atoms with E-state index in [0.29, 0.717) is 21.6 Å². The lowest BCUT2D eigenvalue weighted by atomic mass is 10.1. The molecule has 1 heterocycles. The van der Waals surface area contributed by atoms with Gasteiger partial charge in [-0.05, 0) is 48.0 Å². The van der Waals surface area contributed by atoms with E-state index in [1.165, 1.54) is 0 Å². The molecule has 3 aromatic rings. The molecule has 0 bridgehead atoms. The van der Waals surface area contributed by atoms with Gasteiger partial charge in [0.1, 0.15) is 0 Å². The van der Waals surface area contributed by atoms with Crippen LogP contribution in [-0.2, 0) is 6.54 Å². The molecule has 0 saturated carbocycles. The summed E-state index contributed by atoms with van der Waals surface area (Å²) in [5.74, 6) is 0. The van der Waals surface area contributed by atoms with Gasteiger partial charge in [0.25, 0.3) is 0 Å². The third-order valence-electron chi connectivity index (χ3n) is 3.19. The van der Waals surface area contributed by atoms with Crippen LogP contribution in [0.25, 0.3) is 10.9 Å². The first kappa shape index (κ1) is 14.5. The zero-order valence-corrected chi connectivity index (χ0v) is 13.2. The minimum absolute atomic E-state index is 0.562. The molecule has 106 valence electrons. The van der Waals surface area contributed by atoms with Crippen molar-refractivity contribution in [1.82, 2.24) is 4.98 Å². The first-order valence-corrected chi connectivity index (χ1v) is 7.49. The maximum atomic E-state index is 6.19. The Hall–Kier alpha value is -1.48. The number of rotatable bonds is 3. The number of halogens is 3. The minimum Gasteiger partial charge on any atom is -0.379 e. The zero-order valence-electron chi connectivity index (χ0n) is 10.9. The lowest BCUT2D eigenvalue weighted by Gasteiger charge is -2.11. The van der Waals surface area contributed by atoms with Crippen LogP contribution in [-0.4, -0.2) is 4.98 Å². The van der Waals surface area contributed by atoms with Crippen LogP contribution in [0.2, 0.25) is 15.1 Å². The molecule has 0 aliphatic carbocycles. The summed E-state index contributed by atoms with van der Waals surface area (Å²) in [6.45, 7) is 0.562. The third kappa shape index (κ3) is 3.08. The van der Waals surface area contributed by atoms with Crippen LogP contribution in [0, 0.1) is 0 Å². The molecule has 21 heavy (non-hydrogen) atoms. The van der Waals surface area contributed by atoms with Crippen LogP contribution < -0.4 is 5.32 Å². The van der Waals surface area contributed by atoms with Gasteiger partial charge in [-0.1, -0.05) is 34.8 Å². The van der Waals surface area contributed by atoms with E-state index in [-0.39, 0.29) is 0 Å². The summed E-state index contributed by atoms with van der Waals surface area (Å²) in [5.41, 5.74) is 2.68.